The highest BCUT2D eigenvalue weighted by Crippen LogP contribution is 2.33. The summed E-state index contributed by atoms with van der Waals surface area (Å²) >= 11 is 22.3. The minimum atomic E-state index is -0.700. The van der Waals surface area contributed by atoms with E-state index in [1.54, 1.807) is 6.92 Å². The Balaban J connectivity index is 3.53. The fraction of sp³-hybridized carbons (Fsp3) is 0.143. The Kier molecular flexibility index (Phi) is 3.41. The van der Waals surface area contributed by atoms with Crippen LogP contribution in [0.25, 0.3) is 0 Å². The number of pyridine rings is 1. The van der Waals surface area contributed by atoms with Gasteiger partial charge in [0, 0.05) is 0 Å². The Morgan fingerprint density at radius 1 is 1.23 bits per heavy atom. The molecule has 0 N–H and O–H groups in total. The Morgan fingerprint density at radius 3 is 2.23 bits per heavy atom. The van der Waals surface area contributed by atoms with E-state index >= 15 is 0 Å². The summed E-state index contributed by atoms with van der Waals surface area (Å²) in [4.78, 5) is 14.7. The molecule has 0 spiro atoms. The molecule has 0 aliphatic carbocycles. The fourth-order valence-electron chi connectivity index (χ4n) is 0.840. The molecule has 0 amide bonds. The van der Waals surface area contributed by atoms with Crippen molar-refractivity contribution in [2.45, 2.75) is 6.92 Å². The van der Waals surface area contributed by atoms with Crippen molar-refractivity contribution >= 4 is 51.6 Å². The van der Waals surface area contributed by atoms with Crippen molar-refractivity contribution in [1.29, 1.82) is 0 Å². The molecule has 70 valence electrons. The third-order valence-electron chi connectivity index (χ3n) is 1.42. The van der Waals surface area contributed by atoms with E-state index in [0.29, 0.717) is 5.69 Å². The average Bonchev–Trinajstić information content (AvgIpc) is 1.99. The van der Waals surface area contributed by atoms with Crippen molar-refractivity contribution in [2.75, 3.05) is 0 Å². The molecule has 0 saturated carbocycles. The van der Waals surface area contributed by atoms with E-state index in [0.717, 1.165) is 0 Å². The van der Waals surface area contributed by atoms with Gasteiger partial charge in [0.1, 0.15) is 5.15 Å². The van der Waals surface area contributed by atoms with Crippen LogP contribution in [0.3, 0.4) is 0 Å². The molecule has 6 heteroatoms. The Morgan fingerprint density at radius 2 is 1.77 bits per heavy atom. The van der Waals surface area contributed by atoms with Gasteiger partial charge in [-0.25, -0.2) is 4.98 Å². The lowest BCUT2D eigenvalue weighted by atomic mass is 10.2. The van der Waals surface area contributed by atoms with Gasteiger partial charge < -0.3 is 0 Å². The zero-order chi connectivity index (χ0) is 10.2. The topological polar surface area (TPSA) is 30.0 Å². The second-order valence-electron chi connectivity index (χ2n) is 2.26. The van der Waals surface area contributed by atoms with Gasteiger partial charge in [-0.15, -0.1) is 0 Å². The number of hydrogen-bond donors (Lipinski definition) is 0. The molecule has 0 unspecified atom stereocenters. The highest BCUT2D eigenvalue weighted by atomic mass is 35.5. The van der Waals surface area contributed by atoms with Crippen LogP contribution in [0.2, 0.25) is 15.2 Å². The minimum Gasteiger partial charge on any atom is -0.275 e. The summed E-state index contributed by atoms with van der Waals surface area (Å²) in [5, 5.41) is -0.559. The van der Waals surface area contributed by atoms with Crippen LogP contribution in [0.15, 0.2) is 0 Å². The van der Waals surface area contributed by atoms with Crippen molar-refractivity contribution < 1.29 is 4.79 Å². The molecule has 0 bridgehead atoms. The number of nitrogens with zero attached hydrogens (tertiary/aromatic N) is 1. The predicted molar refractivity (Wildman–Crippen MR) is 54.2 cm³/mol. The zero-order valence-corrected chi connectivity index (χ0v) is 9.39. The van der Waals surface area contributed by atoms with Gasteiger partial charge in [0.05, 0.1) is 21.3 Å². The molecule has 1 aromatic heterocycles. The van der Waals surface area contributed by atoms with Gasteiger partial charge in [-0.1, -0.05) is 34.8 Å². The van der Waals surface area contributed by atoms with Crippen molar-refractivity contribution in [3.8, 4) is 0 Å². The molecule has 1 rings (SSSR count). The smallest absolute Gasteiger partial charge is 0.255 e. The quantitative estimate of drug-likeness (QED) is 0.568. The number of carbonyl (C=O) groups is 1. The molecule has 1 heterocycles. The number of rotatable bonds is 1. The summed E-state index contributed by atoms with van der Waals surface area (Å²) in [5.41, 5.74) is 0.456. The van der Waals surface area contributed by atoms with E-state index in [4.69, 9.17) is 46.4 Å². The maximum Gasteiger partial charge on any atom is 0.255 e. The second-order valence-corrected chi connectivity index (χ2v) is 3.72. The maximum absolute atomic E-state index is 10.9. The molecular formula is C7H3Cl4NO. The molecular weight excluding hydrogens is 256 g/mol. The van der Waals surface area contributed by atoms with Crippen molar-refractivity contribution in [1.82, 2.24) is 4.98 Å². The molecule has 0 aliphatic heterocycles. The van der Waals surface area contributed by atoms with Crippen LogP contribution < -0.4 is 0 Å². The summed E-state index contributed by atoms with van der Waals surface area (Å²) in [7, 11) is 0. The van der Waals surface area contributed by atoms with Crippen LogP contribution in [0.5, 0.6) is 0 Å². The number of hydrogen-bond acceptors (Lipinski definition) is 2. The Hall–Kier alpha value is -0.0200. The van der Waals surface area contributed by atoms with Crippen molar-refractivity contribution in [3.63, 3.8) is 0 Å². The molecule has 0 aliphatic rings. The minimum absolute atomic E-state index is 0.0398. The largest absolute Gasteiger partial charge is 0.275 e. The first-order chi connectivity index (χ1) is 5.95. The van der Waals surface area contributed by atoms with Gasteiger partial charge in [-0.05, 0) is 18.5 Å². The number of aryl methyl sites for hydroxylation is 1. The van der Waals surface area contributed by atoms with Gasteiger partial charge in [0.15, 0.2) is 0 Å². The summed E-state index contributed by atoms with van der Waals surface area (Å²) < 4.78 is 0. The first kappa shape index (κ1) is 11.1. The molecule has 1 aromatic rings. The molecule has 0 fully saturated rings. The lowest BCUT2D eigenvalue weighted by Crippen LogP contribution is -1.99. The lowest BCUT2D eigenvalue weighted by Gasteiger charge is -2.05. The van der Waals surface area contributed by atoms with E-state index in [2.05, 4.69) is 4.98 Å². The average molecular weight is 259 g/mol. The number of carbonyl (C=O) groups excluding carboxylic acids is 1. The van der Waals surface area contributed by atoms with Gasteiger partial charge in [-0.2, -0.15) is 0 Å². The van der Waals surface area contributed by atoms with Crippen LogP contribution in [0.1, 0.15) is 16.1 Å². The van der Waals surface area contributed by atoms with E-state index in [1.807, 2.05) is 0 Å². The highest BCUT2D eigenvalue weighted by molar-refractivity contribution is 6.69. The van der Waals surface area contributed by atoms with Crippen molar-refractivity contribution in [3.05, 3.63) is 26.5 Å². The monoisotopic (exact) mass is 257 g/mol. The van der Waals surface area contributed by atoms with Crippen molar-refractivity contribution in [2.24, 2.45) is 0 Å². The summed E-state index contributed by atoms with van der Waals surface area (Å²) in [6, 6.07) is 0. The molecule has 0 atom stereocenters. The lowest BCUT2D eigenvalue weighted by molar-refractivity contribution is 0.108. The van der Waals surface area contributed by atoms with E-state index in [1.165, 1.54) is 0 Å². The first-order valence-corrected chi connectivity index (χ1v) is 4.67. The summed E-state index contributed by atoms with van der Waals surface area (Å²) in [6.45, 7) is 1.57. The third kappa shape index (κ3) is 2.08. The van der Waals surface area contributed by atoms with Crippen LogP contribution >= 0.6 is 46.4 Å². The van der Waals surface area contributed by atoms with Gasteiger partial charge in [0.2, 0.25) is 0 Å². The van der Waals surface area contributed by atoms with Gasteiger partial charge in [-0.3, -0.25) is 4.79 Å². The second kappa shape index (κ2) is 4.01. The Bertz CT molecular complexity index is 377. The number of halogens is 4. The zero-order valence-electron chi connectivity index (χ0n) is 6.37. The van der Waals surface area contributed by atoms with E-state index in [-0.39, 0.29) is 20.8 Å². The van der Waals surface area contributed by atoms with E-state index < -0.39 is 5.24 Å². The predicted octanol–water partition coefficient (Wildman–Crippen LogP) is 3.73. The summed E-state index contributed by atoms with van der Waals surface area (Å²) in [6.07, 6.45) is 0. The SMILES string of the molecule is Cc1nc(Cl)c(Cl)c(Cl)c1C(=O)Cl. The third-order valence-corrected chi connectivity index (χ3v) is 2.82. The van der Waals surface area contributed by atoms with Gasteiger partial charge in [0.25, 0.3) is 5.24 Å². The fourth-order valence-corrected chi connectivity index (χ4v) is 1.84. The molecule has 0 saturated heterocycles. The normalized spacial score (nSPS) is 10.2. The van der Waals surface area contributed by atoms with Gasteiger partial charge >= 0.3 is 0 Å². The maximum atomic E-state index is 10.9. The molecule has 0 aromatic carbocycles. The van der Waals surface area contributed by atoms with Crippen LogP contribution in [0.4, 0.5) is 0 Å². The first-order valence-electron chi connectivity index (χ1n) is 3.16. The Labute approximate surface area is 94.8 Å². The van der Waals surface area contributed by atoms with Crippen LogP contribution in [-0.2, 0) is 0 Å². The van der Waals surface area contributed by atoms with E-state index in [9.17, 15) is 4.79 Å². The number of aromatic nitrogens is 1. The molecule has 2 nitrogen and oxygen atoms in total. The highest BCUT2D eigenvalue weighted by Gasteiger charge is 2.18. The van der Waals surface area contributed by atoms with Crippen LogP contribution in [0, 0.1) is 6.92 Å². The summed E-state index contributed by atoms with van der Waals surface area (Å²) in [5.74, 6) is 0. The molecule has 13 heavy (non-hydrogen) atoms. The molecule has 0 radical (unpaired) electrons. The van der Waals surface area contributed by atoms with Crippen LogP contribution in [-0.4, -0.2) is 10.2 Å². The standard InChI is InChI=1S/C7H3Cl4NO/c1-2-3(7(11)13)4(8)5(9)6(10)12-2/h1H3.